The predicted molar refractivity (Wildman–Crippen MR) is 241 cm³/mol. The molecule has 0 spiro atoms. The van der Waals surface area contributed by atoms with Crippen LogP contribution in [0.5, 0.6) is 5.75 Å². The van der Waals surface area contributed by atoms with Crippen molar-refractivity contribution < 1.29 is 28.6 Å². The number of methoxy groups -OCH3 is 1. The molecule has 334 valence electrons. The molecule has 0 radical (unpaired) electrons. The highest BCUT2D eigenvalue weighted by atomic mass is 19.1. The van der Waals surface area contributed by atoms with Crippen LogP contribution in [0.4, 0.5) is 26.4 Å². The van der Waals surface area contributed by atoms with E-state index >= 15 is 4.39 Å². The number of ether oxygens (including phenoxy) is 1. The van der Waals surface area contributed by atoms with E-state index < -0.39 is 11.7 Å². The summed E-state index contributed by atoms with van der Waals surface area (Å²) in [5, 5.41) is 22.4. The van der Waals surface area contributed by atoms with Crippen molar-refractivity contribution >= 4 is 46.1 Å². The van der Waals surface area contributed by atoms with Crippen molar-refractivity contribution in [2.24, 2.45) is 0 Å². The Hall–Kier alpha value is -6.13. The lowest BCUT2D eigenvalue weighted by molar-refractivity contribution is -0.120. The molecule has 4 N–H and O–H groups in total. The monoisotopic (exact) mass is 870 g/mol. The largest absolute Gasteiger partial charge is 0.507 e. The highest BCUT2D eigenvalue weighted by Gasteiger charge is 2.39. The summed E-state index contributed by atoms with van der Waals surface area (Å²) in [6.45, 7) is 4.25. The number of carbonyl (C=O) groups excluding carboxylic acids is 3. The maximum atomic E-state index is 16.5. The normalized spacial score (nSPS) is 22.2. The topological polar surface area (TPSA) is 175 Å². The van der Waals surface area contributed by atoms with Crippen LogP contribution in [-0.2, 0) is 9.53 Å². The summed E-state index contributed by atoms with van der Waals surface area (Å²) >= 11 is 0. The number of amides is 4. The third-order valence-electron chi connectivity index (χ3n) is 14.2. The fourth-order valence-electron chi connectivity index (χ4n) is 10.3. The molecule has 3 aromatic heterocycles. The molecule has 15 nitrogen and oxygen atoms in total. The number of nitrogens with zero attached hydrogens (tertiary/aromatic N) is 8. The molecule has 64 heavy (non-hydrogen) atoms. The zero-order chi connectivity index (χ0) is 44.1. The van der Waals surface area contributed by atoms with Gasteiger partial charge in [0.05, 0.1) is 29.4 Å². The first-order chi connectivity index (χ1) is 31.0. The minimum absolute atomic E-state index is 0.0681. The third-order valence-corrected chi connectivity index (χ3v) is 14.2. The number of aromatic hydroxyl groups is 1. The molecule has 1 saturated carbocycles. The lowest BCUT2D eigenvalue weighted by Gasteiger charge is -2.41. The number of pyridine rings is 1. The number of hydrogen-bond acceptors (Lipinski definition) is 11. The van der Waals surface area contributed by atoms with Gasteiger partial charge in [-0.2, -0.15) is 0 Å². The van der Waals surface area contributed by atoms with E-state index in [1.54, 1.807) is 41.3 Å². The molecule has 5 aromatic rings. The average Bonchev–Trinajstić information content (AvgIpc) is 4.09. The summed E-state index contributed by atoms with van der Waals surface area (Å²) < 4.78 is 24.7. The molecule has 0 unspecified atom stereocenters. The Morgan fingerprint density at radius 3 is 2.44 bits per heavy atom. The summed E-state index contributed by atoms with van der Waals surface area (Å²) in [6.07, 6.45) is 9.61. The van der Waals surface area contributed by atoms with E-state index in [1.165, 1.54) is 5.56 Å². The van der Waals surface area contributed by atoms with E-state index in [0.29, 0.717) is 86.4 Å². The number of para-hydroxylation sites is 1. The van der Waals surface area contributed by atoms with Crippen LogP contribution in [0.15, 0.2) is 73.1 Å². The van der Waals surface area contributed by atoms with Crippen molar-refractivity contribution in [3.05, 3.63) is 89.7 Å². The summed E-state index contributed by atoms with van der Waals surface area (Å²) in [6, 6.07) is 18.5. The number of benzene rings is 2. The van der Waals surface area contributed by atoms with Crippen LogP contribution in [0.25, 0.3) is 22.3 Å². The lowest BCUT2D eigenvalue weighted by atomic mass is 9.88. The molecule has 4 amide bonds. The van der Waals surface area contributed by atoms with E-state index in [0.717, 1.165) is 67.5 Å². The maximum Gasteiger partial charge on any atom is 0.328 e. The number of rotatable bonds is 10. The highest BCUT2D eigenvalue weighted by molar-refractivity contribution is 6.06. The number of fused-ring (bicyclic) bond motifs is 1. The van der Waals surface area contributed by atoms with Gasteiger partial charge in [0.15, 0.2) is 5.82 Å². The smallest absolute Gasteiger partial charge is 0.328 e. The van der Waals surface area contributed by atoms with Crippen molar-refractivity contribution in [1.82, 2.24) is 34.9 Å². The molecule has 2 aromatic carbocycles. The van der Waals surface area contributed by atoms with Crippen molar-refractivity contribution in [3.63, 3.8) is 0 Å². The van der Waals surface area contributed by atoms with Gasteiger partial charge in [-0.25, -0.2) is 14.2 Å². The number of phenols is 1. The minimum atomic E-state index is -1.36. The molecular weight excluding hydrogens is 816 g/mol. The van der Waals surface area contributed by atoms with E-state index in [2.05, 4.69) is 36.1 Å². The molecule has 1 aliphatic carbocycles. The number of nitrogen functional groups attached to an aromatic ring is 1. The number of aromatic nitrogens is 4. The first-order valence-corrected chi connectivity index (χ1v) is 22.6. The Kier molecular flexibility index (Phi) is 11.2. The van der Waals surface area contributed by atoms with E-state index in [-0.39, 0.29) is 42.0 Å². The molecular formula is C48H55FN10O5. The highest BCUT2D eigenvalue weighted by Crippen LogP contribution is 2.46. The quantitative estimate of drug-likeness (QED) is 0.142. The molecule has 4 aliphatic heterocycles. The Morgan fingerprint density at radius 1 is 0.953 bits per heavy atom. The number of nitrogens with two attached hydrogens (primary N) is 1. The van der Waals surface area contributed by atoms with Crippen molar-refractivity contribution in [3.8, 4) is 17.0 Å². The molecule has 16 heteroatoms. The second-order valence-electron chi connectivity index (χ2n) is 18.4. The van der Waals surface area contributed by atoms with Gasteiger partial charge >= 0.3 is 6.03 Å². The summed E-state index contributed by atoms with van der Waals surface area (Å²) in [4.78, 5) is 50.7. The van der Waals surface area contributed by atoms with Crippen LogP contribution in [0.3, 0.4) is 0 Å². The van der Waals surface area contributed by atoms with Gasteiger partial charge in [-0.3, -0.25) is 19.8 Å². The summed E-state index contributed by atoms with van der Waals surface area (Å²) in [5.41, 5.74) is 11.4. The van der Waals surface area contributed by atoms with Crippen LogP contribution >= 0.6 is 0 Å². The molecule has 10 rings (SSSR count). The van der Waals surface area contributed by atoms with Gasteiger partial charge in [0.2, 0.25) is 5.91 Å². The Bertz CT molecular complexity index is 2570. The van der Waals surface area contributed by atoms with Crippen LogP contribution in [0, 0.1) is 0 Å². The Labute approximate surface area is 371 Å². The number of urea groups is 1. The van der Waals surface area contributed by atoms with Crippen molar-refractivity contribution in [1.29, 1.82) is 0 Å². The molecule has 7 heterocycles. The molecule has 4 saturated heterocycles. The lowest BCUT2D eigenvalue weighted by Crippen LogP contribution is -2.51. The van der Waals surface area contributed by atoms with Crippen molar-refractivity contribution in [2.45, 2.75) is 81.0 Å². The summed E-state index contributed by atoms with van der Waals surface area (Å²) in [7, 11) is 1.71. The van der Waals surface area contributed by atoms with Crippen LogP contribution in [0.2, 0.25) is 0 Å². The second-order valence-corrected chi connectivity index (χ2v) is 18.4. The zero-order valence-corrected chi connectivity index (χ0v) is 36.2. The maximum absolute atomic E-state index is 16.5. The zero-order valence-electron chi connectivity index (χ0n) is 36.2. The van der Waals surface area contributed by atoms with Gasteiger partial charge in [-0.1, -0.05) is 24.3 Å². The first kappa shape index (κ1) is 41.9. The summed E-state index contributed by atoms with van der Waals surface area (Å²) in [5.74, 6) is 0.651. The van der Waals surface area contributed by atoms with Crippen LogP contribution in [0.1, 0.15) is 90.7 Å². The number of piperidine rings is 3. The van der Waals surface area contributed by atoms with E-state index in [9.17, 15) is 19.5 Å². The Morgan fingerprint density at radius 2 is 1.72 bits per heavy atom. The average molecular weight is 871 g/mol. The predicted octanol–water partition coefficient (Wildman–Crippen LogP) is 6.40. The molecule has 0 bridgehead atoms. The number of hydrogen-bond donors (Lipinski definition) is 3. The van der Waals surface area contributed by atoms with Crippen LogP contribution < -0.4 is 20.9 Å². The van der Waals surface area contributed by atoms with Gasteiger partial charge in [0.1, 0.15) is 17.1 Å². The minimum Gasteiger partial charge on any atom is -0.507 e. The third kappa shape index (κ3) is 8.36. The van der Waals surface area contributed by atoms with Gasteiger partial charge in [0, 0.05) is 113 Å². The van der Waals surface area contributed by atoms with Gasteiger partial charge in [-0.05, 0) is 85.5 Å². The van der Waals surface area contributed by atoms with Gasteiger partial charge < -0.3 is 34.8 Å². The second kappa shape index (κ2) is 17.1. The molecule has 5 aliphatic rings. The number of nitrogens with one attached hydrogen (secondary N) is 1. The van der Waals surface area contributed by atoms with Gasteiger partial charge in [-0.15, -0.1) is 10.2 Å². The SMILES string of the molecule is CO[C@H]1C[C@H](c2ccc(C(=O)N3CCC(F)(CN4CCC(n5cc(C6CC6)c6cc(N7CCC(=O)NC7=O)cnc65)CC4)CC3)cc2)CN(c2cc(-c3ccccc3O)nnc2N)C1. The number of anilines is 3. The number of halogens is 1. The standard InChI is InChI=1S/C48H55FN10O5/c1-64-36-22-33(26-57(27-36)41-24-40(53-54-44(41)50)37-4-2-3-5-42(37)60)30-6-10-32(11-7-30)46(62)56-20-15-48(49,16-21-56)29-55-17-12-34(13-18-55)59-28-39(31-8-9-31)38-23-35(25-51-45(38)59)58-19-14-43(61)52-47(58)63/h2-7,10-11,23-25,28,31,33-34,36,60H,8-9,12-22,26-27,29H2,1H3,(H2,50,54)(H,52,61,63)/t33-,36-/m0/s1. The molecule has 5 fully saturated rings. The van der Waals surface area contributed by atoms with Gasteiger partial charge in [0.25, 0.3) is 5.91 Å². The number of phenolic OH excluding ortho intramolecular Hbond substituents is 1. The van der Waals surface area contributed by atoms with E-state index in [4.69, 9.17) is 15.5 Å². The van der Waals surface area contributed by atoms with Crippen LogP contribution in [-0.4, -0.2) is 124 Å². The Balaban J connectivity index is 0.739. The fraction of sp³-hybridized carbons (Fsp3) is 0.458. The number of carbonyl (C=O) groups is 3. The number of likely N-dealkylation sites (tertiary alicyclic amines) is 2. The number of imide groups is 1. The number of alkyl halides is 1. The fourth-order valence-corrected chi connectivity index (χ4v) is 10.3. The first-order valence-electron chi connectivity index (χ1n) is 22.6. The van der Waals surface area contributed by atoms with E-state index in [1.807, 2.05) is 42.5 Å². The van der Waals surface area contributed by atoms with Crippen molar-refractivity contribution in [2.75, 3.05) is 75.0 Å². The molecule has 2 atom stereocenters.